The highest BCUT2D eigenvalue weighted by molar-refractivity contribution is 9.10. The van der Waals surface area contributed by atoms with Gasteiger partial charge in [-0.1, -0.05) is 6.07 Å². The van der Waals surface area contributed by atoms with E-state index in [-0.39, 0.29) is 10.6 Å². The topological polar surface area (TPSA) is 84.0 Å². The van der Waals surface area contributed by atoms with Gasteiger partial charge in [0.1, 0.15) is 10.7 Å². The van der Waals surface area contributed by atoms with E-state index in [0.29, 0.717) is 17.0 Å². The summed E-state index contributed by atoms with van der Waals surface area (Å²) in [5.41, 5.74) is -0.159. The van der Waals surface area contributed by atoms with Crippen molar-refractivity contribution in [3.05, 3.63) is 40.9 Å². The molecule has 0 amide bonds. The number of aromatic nitrogens is 2. The van der Waals surface area contributed by atoms with Crippen molar-refractivity contribution in [1.29, 1.82) is 0 Å². The van der Waals surface area contributed by atoms with Gasteiger partial charge < -0.3 is 5.32 Å². The van der Waals surface area contributed by atoms with E-state index >= 15 is 0 Å². The molecule has 1 heterocycles. The highest BCUT2D eigenvalue weighted by Gasteiger charge is 2.19. The third-order valence-corrected chi connectivity index (χ3v) is 4.44. The molecule has 2 N–H and O–H groups in total. The monoisotopic (exact) mass is 374 g/mol. The van der Waals surface area contributed by atoms with Gasteiger partial charge in [-0.15, -0.1) is 0 Å². The Hall–Kier alpha value is -1.74. The van der Waals surface area contributed by atoms with Crippen LogP contribution in [0.5, 0.6) is 0 Å². The molecule has 0 saturated heterocycles. The fourth-order valence-electron chi connectivity index (χ4n) is 1.49. The minimum absolute atomic E-state index is 0.153. The quantitative estimate of drug-likeness (QED) is 0.840. The number of anilines is 2. The summed E-state index contributed by atoms with van der Waals surface area (Å²) >= 11 is 3.10. The van der Waals surface area contributed by atoms with E-state index in [9.17, 15) is 12.8 Å². The van der Waals surface area contributed by atoms with Crippen molar-refractivity contribution in [2.75, 3.05) is 16.6 Å². The summed E-state index contributed by atoms with van der Waals surface area (Å²) < 4.78 is 40.5. The normalized spacial score (nSPS) is 11.2. The molecule has 0 aliphatic heterocycles. The smallest absolute Gasteiger partial charge is 0.265 e. The van der Waals surface area contributed by atoms with E-state index in [1.54, 1.807) is 0 Å². The molecule has 21 heavy (non-hydrogen) atoms. The Balaban J connectivity index is 2.30. The fraction of sp³-hybridized carbons (Fsp3) is 0.167. The summed E-state index contributed by atoms with van der Waals surface area (Å²) in [6, 6.07) is 4.16. The van der Waals surface area contributed by atoms with Gasteiger partial charge in [-0.25, -0.2) is 22.8 Å². The van der Waals surface area contributed by atoms with Crippen LogP contribution in [0.4, 0.5) is 16.0 Å². The van der Waals surface area contributed by atoms with Gasteiger partial charge in [0.25, 0.3) is 10.0 Å². The van der Waals surface area contributed by atoms with Crippen molar-refractivity contribution in [1.82, 2.24) is 9.97 Å². The lowest BCUT2D eigenvalue weighted by molar-refractivity contribution is 0.597. The van der Waals surface area contributed by atoms with E-state index in [1.807, 2.05) is 6.92 Å². The van der Waals surface area contributed by atoms with Crippen molar-refractivity contribution in [2.45, 2.75) is 11.8 Å². The van der Waals surface area contributed by atoms with Gasteiger partial charge in [0, 0.05) is 11.0 Å². The molecular weight excluding hydrogens is 363 g/mol. The van der Waals surface area contributed by atoms with Crippen LogP contribution < -0.4 is 10.0 Å². The van der Waals surface area contributed by atoms with Crippen molar-refractivity contribution in [3.8, 4) is 0 Å². The molecule has 0 spiro atoms. The Kier molecular flexibility index (Phi) is 4.73. The second-order valence-corrected chi connectivity index (χ2v) is 6.51. The minimum atomic E-state index is -3.96. The molecule has 2 aromatic rings. The summed E-state index contributed by atoms with van der Waals surface area (Å²) in [4.78, 5) is 7.60. The summed E-state index contributed by atoms with van der Waals surface area (Å²) in [7, 11) is -3.96. The molecule has 1 aromatic heterocycles. The number of nitrogens with one attached hydrogen (secondary N) is 2. The first-order chi connectivity index (χ1) is 9.94. The molecule has 9 heteroatoms. The molecule has 0 saturated carbocycles. The molecule has 1 aromatic carbocycles. The van der Waals surface area contributed by atoms with Crippen LogP contribution in [0.3, 0.4) is 0 Å². The molecule has 0 bridgehead atoms. The van der Waals surface area contributed by atoms with E-state index in [4.69, 9.17) is 0 Å². The average molecular weight is 375 g/mol. The Bertz CT molecular complexity index is 717. The first kappa shape index (κ1) is 15.6. The van der Waals surface area contributed by atoms with Crippen LogP contribution >= 0.6 is 15.9 Å². The summed E-state index contributed by atoms with van der Waals surface area (Å²) in [5.74, 6) is -0.360. The van der Waals surface area contributed by atoms with Gasteiger partial charge in [-0.2, -0.15) is 0 Å². The SMILES string of the molecule is CCNc1ncc(S(=O)(=O)Nc2c(F)cccc2Br)cn1. The number of rotatable bonds is 5. The number of halogens is 2. The first-order valence-corrected chi connectivity index (χ1v) is 8.24. The van der Waals surface area contributed by atoms with Crippen molar-refractivity contribution in [2.24, 2.45) is 0 Å². The minimum Gasteiger partial charge on any atom is -0.355 e. The number of benzene rings is 1. The predicted octanol–water partition coefficient (Wildman–Crippen LogP) is 2.61. The number of sulfonamides is 1. The lowest BCUT2D eigenvalue weighted by Gasteiger charge is -2.10. The molecule has 0 fully saturated rings. The van der Waals surface area contributed by atoms with Crippen LogP contribution in [0.15, 0.2) is 40.0 Å². The van der Waals surface area contributed by atoms with E-state index in [1.165, 1.54) is 12.1 Å². The molecule has 2 rings (SSSR count). The molecular formula is C12H12BrFN4O2S. The van der Waals surface area contributed by atoms with Crippen molar-refractivity contribution in [3.63, 3.8) is 0 Å². The Morgan fingerprint density at radius 3 is 2.52 bits per heavy atom. The molecule has 112 valence electrons. The number of nitrogens with zero attached hydrogens (tertiary/aromatic N) is 2. The van der Waals surface area contributed by atoms with E-state index in [0.717, 1.165) is 18.5 Å². The zero-order valence-electron chi connectivity index (χ0n) is 11.0. The molecule has 0 aliphatic carbocycles. The molecule has 0 radical (unpaired) electrons. The number of hydrogen-bond donors (Lipinski definition) is 2. The zero-order chi connectivity index (χ0) is 15.5. The summed E-state index contributed by atoms with van der Waals surface area (Å²) in [6.07, 6.45) is 2.31. The molecule has 0 unspecified atom stereocenters. The standard InChI is InChI=1S/C12H12BrFN4O2S/c1-2-15-12-16-6-8(7-17-12)21(19,20)18-11-9(13)4-3-5-10(11)14/h3-7,18H,2H2,1H3,(H,15,16,17). The largest absolute Gasteiger partial charge is 0.355 e. The van der Waals surface area contributed by atoms with Gasteiger partial charge in [0.2, 0.25) is 5.95 Å². The second-order valence-electron chi connectivity index (χ2n) is 3.97. The molecule has 6 nitrogen and oxygen atoms in total. The third-order valence-electron chi connectivity index (χ3n) is 2.47. The number of para-hydroxylation sites is 1. The maximum absolute atomic E-state index is 13.7. The van der Waals surface area contributed by atoms with Crippen LogP contribution in [-0.2, 0) is 10.0 Å². The van der Waals surface area contributed by atoms with Crippen LogP contribution in [-0.4, -0.2) is 24.9 Å². The Morgan fingerprint density at radius 2 is 1.95 bits per heavy atom. The van der Waals surface area contributed by atoms with Gasteiger partial charge in [-0.3, -0.25) is 4.72 Å². The molecule has 0 aliphatic rings. The van der Waals surface area contributed by atoms with Crippen LogP contribution in [0, 0.1) is 5.82 Å². The van der Waals surface area contributed by atoms with E-state index in [2.05, 4.69) is 35.9 Å². The highest BCUT2D eigenvalue weighted by Crippen LogP contribution is 2.27. The number of hydrogen-bond acceptors (Lipinski definition) is 5. The van der Waals surface area contributed by atoms with Crippen LogP contribution in [0.2, 0.25) is 0 Å². The zero-order valence-corrected chi connectivity index (χ0v) is 13.4. The van der Waals surface area contributed by atoms with Crippen LogP contribution in [0.1, 0.15) is 6.92 Å². The maximum atomic E-state index is 13.7. The van der Waals surface area contributed by atoms with E-state index < -0.39 is 15.8 Å². The van der Waals surface area contributed by atoms with Gasteiger partial charge in [0.15, 0.2) is 0 Å². The molecule has 0 atom stereocenters. The average Bonchev–Trinajstić information content (AvgIpc) is 2.44. The van der Waals surface area contributed by atoms with Gasteiger partial charge in [0.05, 0.1) is 18.1 Å². The van der Waals surface area contributed by atoms with Gasteiger partial charge in [-0.05, 0) is 35.0 Å². The third kappa shape index (κ3) is 3.67. The van der Waals surface area contributed by atoms with Crippen molar-refractivity contribution >= 4 is 37.6 Å². The fourth-order valence-corrected chi connectivity index (χ4v) is 3.04. The Labute approximate surface area is 130 Å². The maximum Gasteiger partial charge on any atom is 0.265 e. The first-order valence-electron chi connectivity index (χ1n) is 5.97. The van der Waals surface area contributed by atoms with Gasteiger partial charge >= 0.3 is 0 Å². The Morgan fingerprint density at radius 1 is 1.29 bits per heavy atom. The predicted molar refractivity (Wildman–Crippen MR) is 81.1 cm³/mol. The summed E-state index contributed by atoms with van der Waals surface area (Å²) in [6.45, 7) is 2.48. The van der Waals surface area contributed by atoms with Crippen molar-refractivity contribution < 1.29 is 12.8 Å². The highest BCUT2D eigenvalue weighted by atomic mass is 79.9. The lowest BCUT2D eigenvalue weighted by Crippen LogP contribution is -2.15. The lowest BCUT2D eigenvalue weighted by atomic mass is 10.3. The van der Waals surface area contributed by atoms with Crippen LogP contribution in [0.25, 0.3) is 0 Å². The summed E-state index contributed by atoms with van der Waals surface area (Å²) in [5, 5.41) is 2.85. The second kappa shape index (κ2) is 6.35.